The largest absolute Gasteiger partial charge is 0.468 e. The minimum absolute atomic E-state index is 0.303. The Balaban J connectivity index is 2.11. The maximum atomic E-state index is 12.2. The quantitative estimate of drug-likeness (QED) is 0.677. The van der Waals surface area contributed by atoms with Gasteiger partial charge in [-0.3, -0.25) is 9.59 Å². The van der Waals surface area contributed by atoms with Crippen molar-refractivity contribution in [1.82, 2.24) is 0 Å². The Labute approximate surface area is 110 Å². The molecule has 1 aromatic carbocycles. The van der Waals surface area contributed by atoms with Gasteiger partial charge in [-0.05, 0) is 37.1 Å². The highest BCUT2D eigenvalue weighted by Crippen LogP contribution is 2.43. The third-order valence-corrected chi connectivity index (χ3v) is 3.57. The predicted molar refractivity (Wildman–Crippen MR) is 68.4 cm³/mol. The van der Waals surface area contributed by atoms with Gasteiger partial charge in [0.1, 0.15) is 5.41 Å². The summed E-state index contributed by atoms with van der Waals surface area (Å²) in [5.41, 5.74) is -0.381. The molecule has 0 spiro atoms. The third-order valence-electron chi connectivity index (χ3n) is 3.32. The summed E-state index contributed by atoms with van der Waals surface area (Å²) in [7, 11) is 1.30. The van der Waals surface area contributed by atoms with Crippen molar-refractivity contribution >= 4 is 29.2 Å². The number of carbonyl (C=O) groups is 2. The zero-order valence-electron chi connectivity index (χ0n) is 10.0. The summed E-state index contributed by atoms with van der Waals surface area (Å²) in [6.45, 7) is 0. The van der Waals surface area contributed by atoms with Crippen LogP contribution in [0.1, 0.15) is 19.3 Å². The van der Waals surface area contributed by atoms with E-state index in [0.717, 1.165) is 6.42 Å². The van der Waals surface area contributed by atoms with Gasteiger partial charge >= 0.3 is 5.97 Å². The molecule has 0 unspecified atom stereocenters. The lowest BCUT2D eigenvalue weighted by atomic mass is 9.68. The number of benzene rings is 1. The number of methoxy groups -OCH3 is 1. The summed E-state index contributed by atoms with van der Waals surface area (Å²) in [5.74, 6) is -0.761. The zero-order chi connectivity index (χ0) is 13.2. The highest BCUT2D eigenvalue weighted by molar-refractivity contribution is 6.30. The molecular formula is C13H14ClNO3. The molecule has 4 nitrogen and oxygen atoms in total. The molecule has 1 aliphatic carbocycles. The lowest BCUT2D eigenvalue weighted by molar-refractivity contribution is -0.163. The summed E-state index contributed by atoms with van der Waals surface area (Å²) >= 11 is 5.76. The SMILES string of the molecule is COC(=O)C1(C(=O)Nc2ccc(Cl)cc2)CCC1. The van der Waals surface area contributed by atoms with E-state index in [2.05, 4.69) is 5.32 Å². The van der Waals surface area contributed by atoms with E-state index in [4.69, 9.17) is 16.3 Å². The molecule has 0 saturated heterocycles. The smallest absolute Gasteiger partial charge is 0.321 e. The molecule has 1 saturated carbocycles. The Bertz CT molecular complexity index is 466. The summed E-state index contributed by atoms with van der Waals surface area (Å²) in [6.07, 6.45) is 1.95. The minimum Gasteiger partial charge on any atom is -0.468 e. The summed E-state index contributed by atoms with van der Waals surface area (Å²) < 4.78 is 4.71. The van der Waals surface area contributed by atoms with Crippen LogP contribution in [0.4, 0.5) is 5.69 Å². The van der Waals surface area contributed by atoms with Gasteiger partial charge in [-0.25, -0.2) is 0 Å². The highest BCUT2D eigenvalue weighted by atomic mass is 35.5. The average molecular weight is 268 g/mol. The van der Waals surface area contributed by atoms with Crippen LogP contribution in [0.2, 0.25) is 5.02 Å². The fraction of sp³-hybridized carbons (Fsp3) is 0.385. The number of hydrogen-bond donors (Lipinski definition) is 1. The number of nitrogens with one attached hydrogen (secondary N) is 1. The first-order chi connectivity index (χ1) is 8.58. The lowest BCUT2D eigenvalue weighted by Gasteiger charge is -2.36. The van der Waals surface area contributed by atoms with Crippen LogP contribution in [0, 0.1) is 5.41 Å². The molecule has 0 atom stereocenters. The third kappa shape index (κ3) is 2.20. The summed E-state index contributed by atoms with van der Waals surface area (Å²) in [4.78, 5) is 23.9. The highest BCUT2D eigenvalue weighted by Gasteiger charge is 2.51. The van der Waals surface area contributed by atoms with Crippen molar-refractivity contribution in [3.8, 4) is 0 Å². The van der Waals surface area contributed by atoms with Gasteiger partial charge < -0.3 is 10.1 Å². The van der Waals surface area contributed by atoms with Crippen LogP contribution in [0.5, 0.6) is 0 Å². The second-order valence-electron chi connectivity index (χ2n) is 4.39. The van der Waals surface area contributed by atoms with Crippen LogP contribution < -0.4 is 5.32 Å². The molecule has 0 aliphatic heterocycles. The molecule has 1 aliphatic rings. The van der Waals surface area contributed by atoms with Crippen LogP contribution in [0.3, 0.4) is 0 Å². The molecule has 2 rings (SSSR count). The molecule has 1 aromatic rings. The summed E-state index contributed by atoms with van der Waals surface area (Å²) in [5, 5.41) is 3.33. The fourth-order valence-electron chi connectivity index (χ4n) is 2.03. The van der Waals surface area contributed by atoms with E-state index in [1.54, 1.807) is 24.3 Å². The van der Waals surface area contributed by atoms with E-state index in [9.17, 15) is 9.59 Å². The zero-order valence-corrected chi connectivity index (χ0v) is 10.8. The topological polar surface area (TPSA) is 55.4 Å². The average Bonchev–Trinajstić information content (AvgIpc) is 2.30. The molecule has 5 heteroatoms. The first kappa shape index (κ1) is 12.9. The second-order valence-corrected chi connectivity index (χ2v) is 4.82. The monoisotopic (exact) mass is 267 g/mol. The number of hydrogen-bond acceptors (Lipinski definition) is 3. The standard InChI is InChI=1S/C13H14ClNO3/c1-18-12(17)13(7-2-8-13)11(16)15-10-5-3-9(14)4-6-10/h3-6H,2,7-8H2,1H3,(H,15,16). The molecule has 1 amide bonds. The number of anilines is 1. The Morgan fingerprint density at radius 2 is 1.89 bits per heavy atom. The first-order valence-electron chi connectivity index (χ1n) is 5.74. The Kier molecular flexibility index (Phi) is 3.57. The number of rotatable bonds is 3. The van der Waals surface area contributed by atoms with Gasteiger partial charge in [-0.15, -0.1) is 0 Å². The molecule has 0 bridgehead atoms. The van der Waals surface area contributed by atoms with Crippen LogP contribution in [0.15, 0.2) is 24.3 Å². The van der Waals surface area contributed by atoms with Crippen molar-refractivity contribution in [2.45, 2.75) is 19.3 Å². The molecule has 1 N–H and O–H groups in total. The van der Waals surface area contributed by atoms with Gasteiger partial charge in [0, 0.05) is 10.7 Å². The minimum atomic E-state index is -1.01. The number of amides is 1. The Morgan fingerprint density at radius 3 is 2.33 bits per heavy atom. The van der Waals surface area contributed by atoms with Crippen molar-refractivity contribution in [2.24, 2.45) is 5.41 Å². The second kappa shape index (κ2) is 4.98. The van der Waals surface area contributed by atoms with Gasteiger partial charge in [0.05, 0.1) is 7.11 Å². The number of esters is 1. The van der Waals surface area contributed by atoms with Crippen molar-refractivity contribution in [3.63, 3.8) is 0 Å². The molecule has 1 fully saturated rings. The molecule has 0 radical (unpaired) electrons. The van der Waals surface area contributed by atoms with Gasteiger partial charge in [0.15, 0.2) is 0 Å². The molecule has 0 aromatic heterocycles. The van der Waals surface area contributed by atoms with Gasteiger partial charge in [0.2, 0.25) is 5.91 Å². The normalized spacial score (nSPS) is 16.6. The van der Waals surface area contributed by atoms with E-state index in [-0.39, 0.29) is 5.91 Å². The van der Waals surface area contributed by atoms with Crippen molar-refractivity contribution in [1.29, 1.82) is 0 Å². The van der Waals surface area contributed by atoms with Gasteiger partial charge in [-0.2, -0.15) is 0 Å². The van der Waals surface area contributed by atoms with Crippen molar-refractivity contribution in [3.05, 3.63) is 29.3 Å². The fourth-order valence-corrected chi connectivity index (χ4v) is 2.16. The first-order valence-corrected chi connectivity index (χ1v) is 6.12. The van der Waals surface area contributed by atoms with Crippen LogP contribution in [-0.2, 0) is 14.3 Å². The van der Waals surface area contributed by atoms with E-state index in [1.165, 1.54) is 7.11 Å². The van der Waals surface area contributed by atoms with Crippen molar-refractivity contribution < 1.29 is 14.3 Å². The van der Waals surface area contributed by atoms with E-state index in [0.29, 0.717) is 23.6 Å². The van der Waals surface area contributed by atoms with Crippen LogP contribution in [-0.4, -0.2) is 19.0 Å². The van der Waals surface area contributed by atoms with E-state index >= 15 is 0 Å². The number of halogens is 1. The Hall–Kier alpha value is -1.55. The molecule has 18 heavy (non-hydrogen) atoms. The van der Waals surface area contributed by atoms with Crippen LogP contribution >= 0.6 is 11.6 Å². The predicted octanol–water partition coefficient (Wildman–Crippen LogP) is 2.62. The van der Waals surface area contributed by atoms with Gasteiger partial charge in [-0.1, -0.05) is 18.0 Å². The lowest BCUT2D eigenvalue weighted by Crippen LogP contribution is -2.48. The maximum Gasteiger partial charge on any atom is 0.321 e. The maximum absolute atomic E-state index is 12.2. The molecule has 96 valence electrons. The molecular weight excluding hydrogens is 254 g/mol. The van der Waals surface area contributed by atoms with Gasteiger partial charge in [0.25, 0.3) is 0 Å². The van der Waals surface area contributed by atoms with E-state index < -0.39 is 11.4 Å². The summed E-state index contributed by atoms with van der Waals surface area (Å²) in [6, 6.07) is 6.76. The van der Waals surface area contributed by atoms with E-state index in [1.807, 2.05) is 0 Å². The number of ether oxygens (including phenoxy) is 1. The van der Waals surface area contributed by atoms with Crippen molar-refractivity contribution in [2.75, 3.05) is 12.4 Å². The van der Waals surface area contributed by atoms with Crippen LogP contribution in [0.25, 0.3) is 0 Å². The number of carbonyl (C=O) groups excluding carboxylic acids is 2. The molecule has 0 heterocycles. The Morgan fingerprint density at radius 1 is 1.28 bits per heavy atom.